The molecule has 0 aliphatic carbocycles. The van der Waals surface area contributed by atoms with Gasteiger partial charge < -0.3 is 20.7 Å². The lowest BCUT2D eigenvalue weighted by molar-refractivity contribution is -0.139. The molecule has 0 aromatic heterocycles. The maximum Gasteiger partial charge on any atom is 0.337 e. The van der Waals surface area contributed by atoms with Crippen LogP contribution in [0.3, 0.4) is 0 Å². The molecule has 0 saturated carbocycles. The van der Waals surface area contributed by atoms with Gasteiger partial charge in [-0.25, -0.2) is 14.4 Å². The van der Waals surface area contributed by atoms with E-state index in [4.69, 9.17) is 4.74 Å². The molecule has 0 bridgehead atoms. The average Bonchev–Trinajstić information content (AvgIpc) is 2.94. The Hall–Kier alpha value is -3.36. The van der Waals surface area contributed by atoms with Crippen LogP contribution in [0.1, 0.15) is 25.8 Å². The minimum absolute atomic E-state index is 0.0404. The van der Waals surface area contributed by atoms with Crippen LogP contribution in [0.5, 0.6) is 0 Å². The summed E-state index contributed by atoms with van der Waals surface area (Å²) >= 11 is 0. The van der Waals surface area contributed by atoms with Crippen LogP contribution in [0.15, 0.2) is 41.6 Å². The van der Waals surface area contributed by atoms with Gasteiger partial charge in [-0.3, -0.25) is 9.69 Å². The average molecular weight is 386 g/mol. The van der Waals surface area contributed by atoms with E-state index in [-0.39, 0.29) is 31.0 Å². The predicted octanol–water partition coefficient (Wildman–Crippen LogP) is 0.974. The van der Waals surface area contributed by atoms with Crippen LogP contribution in [0.2, 0.25) is 0 Å². The van der Waals surface area contributed by atoms with E-state index in [0.717, 1.165) is 4.90 Å². The van der Waals surface area contributed by atoms with E-state index in [0.29, 0.717) is 12.0 Å². The third-order valence-corrected chi connectivity index (χ3v) is 4.87. The zero-order valence-electron chi connectivity index (χ0n) is 15.7. The summed E-state index contributed by atoms with van der Waals surface area (Å²) in [7, 11) is 0. The highest BCUT2D eigenvalue weighted by Gasteiger charge is 2.51. The topological polar surface area (TPSA) is 117 Å². The normalized spacial score (nSPS) is 21.9. The van der Waals surface area contributed by atoms with Crippen molar-refractivity contribution in [1.82, 2.24) is 20.9 Å². The van der Waals surface area contributed by atoms with Crippen LogP contribution in [-0.2, 0) is 19.9 Å². The van der Waals surface area contributed by atoms with Crippen LogP contribution in [0.4, 0.5) is 9.59 Å². The molecule has 3 N–H and O–H groups in total. The first kappa shape index (κ1) is 19.4. The third-order valence-electron chi connectivity index (χ3n) is 4.87. The molecule has 1 fully saturated rings. The van der Waals surface area contributed by atoms with Gasteiger partial charge in [-0.2, -0.15) is 0 Å². The van der Waals surface area contributed by atoms with Gasteiger partial charge >= 0.3 is 18.0 Å². The minimum Gasteiger partial charge on any atom is -0.463 e. The fourth-order valence-electron chi connectivity index (χ4n) is 3.37. The number of rotatable bonds is 6. The summed E-state index contributed by atoms with van der Waals surface area (Å²) in [4.78, 5) is 50.7. The molecule has 5 amide bonds. The van der Waals surface area contributed by atoms with Gasteiger partial charge in [0.2, 0.25) is 0 Å². The first-order valence-corrected chi connectivity index (χ1v) is 9.06. The Morgan fingerprint density at radius 1 is 1.18 bits per heavy atom. The van der Waals surface area contributed by atoms with Crippen molar-refractivity contribution in [3.63, 3.8) is 0 Å². The summed E-state index contributed by atoms with van der Waals surface area (Å²) in [5.41, 5.74) is -0.159. The van der Waals surface area contributed by atoms with Crippen molar-refractivity contribution in [2.24, 2.45) is 0 Å². The number of carbonyl (C=O) groups excluding carboxylic acids is 4. The van der Waals surface area contributed by atoms with E-state index in [9.17, 15) is 19.2 Å². The first-order valence-electron chi connectivity index (χ1n) is 9.06. The lowest BCUT2D eigenvalue weighted by Gasteiger charge is -2.27. The number of benzene rings is 1. The van der Waals surface area contributed by atoms with Gasteiger partial charge in [-0.15, -0.1) is 0 Å². The number of carbonyl (C=O) groups is 4. The van der Waals surface area contributed by atoms with Crippen molar-refractivity contribution in [3.8, 4) is 0 Å². The lowest BCUT2D eigenvalue weighted by atomic mass is 9.87. The van der Waals surface area contributed by atoms with Crippen molar-refractivity contribution in [1.29, 1.82) is 0 Å². The Morgan fingerprint density at radius 2 is 1.89 bits per heavy atom. The minimum atomic E-state index is -1.18. The van der Waals surface area contributed by atoms with Gasteiger partial charge in [0.25, 0.3) is 5.91 Å². The van der Waals surface area contributed by atoms with Gasteiger partial charge in [-0.1, -0.05) is 37.3 Å². The van der Waals surface area contributed by atoms with E-state index in [1.54, 1.807) is 31.2 Å². The summed E-state index contributed by atoms with van der Waals surface area (Å²) in [6.07, 6.45) is 0.357. The molecular weight excluding hydrogens is 364 g/mol. The van der Waals surface area contributed by atoms with E-state index in [1.165, 1.54) is 0 Å². The molecule has 9 heteroatoms. The summed E-state index contributed by atoms with van der Waals surface area (Å²) in [5, 5.41) is 7.78. The Labute approximate surface area is 162 Å². The van der Waals surface area contributed by atoms with E-state index < -0.39 is 29.5 Å². The summed E-state index contributed by atoms with van der Waals surface area (Å²) in [6.45, 7) is 3.37. The Balaban J connectivity index is 1.93. The largest absolute Gasteiger partial charge is 0.463 e. The molecular formula is C19H22N4O5. The van der Waals surface area contributed by atoms with Gasteiger partial charge in [0.05, 0.1) is 31.0 Å². The highest BCUT2D eigenvalue weighted by Crippen LogP contribution is 2.32. The third kappa shape index (κ3) is 3.30. The number of esters is 1. The molecule has 28 heavy (non-hydrogen) atoms. The predicted molar refractivity (Wildman–Crippen MR) is 98.8 cm³/mol. The van der Waals surface area contributed by atoms with Crippen molar-refractivity contribution in [2.75, 3.05) is 19.7 Å². The van der Waals surface area contributed by atoms with Crippen LogP contribution in [-0.4, -0.2) is 48.5 Å². The van der Waals surface area contributed by atoms with Crippen LogP contribution < -0.4 is 16.0 Å². The number of nitrogens with zero attached hydrogens (tertiary/aromatic N) is 1. The van der Waals surface area contributed by atoms with Gasteiger partial charge in [0, 0.05) is 0 Å². The maximum absolute atomic E-state index is 13.2. The number of nitrogens with one attached hydrogen (secondary N) is 3. The van der Waals surface area contributed by atoms with Crippen molar-refractivity contribution in [2.45, 2.75) is 25.8 Å². The molecule has 1 atom stereocenters. The molecule has 2 heterocycles. The number of hydrogen-bond donors (Lipinski definition) is 3. The highest BCUT2D eigenvalue weighted by molar-refractivity contribution is 6.08. The molecule has 1 aromatic rings. The van der Waals surface area contributed by atoms with Crippen molar-refractivity contribution in [3.05, 3.63) is 47.2 Å². The monoisotopic (exact) mass is 386 g/mol. The number of urea groups is 2. The molecule has 1 unspecified atom stereocenters. The van der Waals surface area contributed by atoms with E-state index in [1.807, 2.05) is 13.0 Å². The molecule has 2 aliphatic heterocycles. The summed E-state index contributed by atoms with van der Waals surface area (Å²) < 4.78 is 5.00. The quantitative estimate of drug-likeness (QED) is 0.498. The summed E-state index contributed by atoms with van der Waals surface area (Å²) in [5.74, 6) is -1.04. The zero-order valence-corrected chi connectivity index (χ0v) is 15.7. The van der Waals surface area contributed by atoms with Crippen LogP contribution >= 0.6 is 0 Å². The van der Waals surface area contributed by atoms with Gasteiger partial charge in [0.1, 0.15) is 5.54 Å². The Morgan fingerprint density at radius 3 is 2.54 bits per heavy atom. The first-order chi connectivity index (χ1) is 13.4. The maximum atomic E-state index is 13.2. The summed E-state index contributed by atoms with van der Waals surface area (Å²) in [6, 6.07) is 7.88. The Kier molecular flexibility index (Phi) is 5.34. The molecule has 1 saturated heterocycles. The molecule has 2 aliphatic rings. The number of ether oxygens (including phenoxy) is 1. The SMILES string of the molecule is CCOC(=O)C1=C(CN2C(=O)NC(CC)(c3ccccc3)C2=O)NC(=O)NC1. The van der Waals surface area contributed by atoms with Crippen LogP contribution in [0.25, 0.3) is 0 Å². The second-order valence-electron chi connectivity index (χ2n) is 6.43. The van der Waals surface area contributed by atoms with E-state index in [2.05, 4.69) is 16.0 Å². The molecule has 3 rings (SSSR count). The van der Waals surface area contributed by atoms with E-state index >= 15 is 0 Å². The molecule has 9 nitrogen and oxygen atoms in total. The van der Waals surface area contributed by atoms with Gasteiger partial charge in [-0.05, 0) is 18.9 Å². The fourth-order valence-corrected chi connectivity index (χ4v) is 3.37. The Bertz CT molecular complexity index is 851. The number of hydrogen-bond acceptors (Lipinski definition) is 5. The second-order valence-corrected chi connectivity index (χ2v) is 6.43. The van der Waals surface area contributed by atoms with Gasteiger partial charge in [0.15, 0.2) is 0 Å². The zero-order chi connectivity index (χ0) is 20.3. The highest BCUT2D eigenvalue weighted by atomic mass is 16.5. The lowest BCUT2D eigenvalue weighted by Crippen LogP contribution is -2.48. The van der Waals surface area contributed by atoms with Crippen molar-refractivity contribution >= 4 is 23.9 Å². The smallest absolute Gasteiger partial charge is 0.337 e. The van der Waals surface area contributed by atoms with Crippen molar-refractivity contribution < 1.29 is 23.9 Å². The molecule has 0 spiro atoms. The standard InChI is InChI=1S/C19H22N4O5/c1-3-19(12-8-6-5-7-9-12)16(25)23(18(27)22-19)11-14-13(15(24)28-4-2)10-20-17(26)21-14/h5-9H,3-4,10-11H2,1-2H3,(H,22,27)(H2,20,21,26). The number of imide groups is 1. The number of amides is 5. The molecule has 0 radical (unpaired) electrons. The molecule has 1 aromatic carbocycles. The van der Waals surface area contributed by atoms with Crippen LogP contribution in [0, 0.1) is 0 Å². The molecule has 148 valence electrons. The second kappa shape index (κ2) is 7.71. The fraction of sp³-hybridized carbons (Fsp3) is 0.368.